The molecule has 2 aromatic rings. The molecule has 1 amide bonds. The molecule has 0 aliphatic heterocycles. The van der Waals surface area contributed by atoms with E-state index >= 15 is 0 Å². The lowest BCUT2D eigenvalue weighted by Gasteiger charge is -2.38. The third-order valence-electron chi connectivity index (χ3n) is 4.77. The van der Waals surface area contributed by atoms with Gasteiger partial charge in [-0.25, -0.2) is 4.39 Å². The molecular formula is C16H20FN3O2S. The maximum atomic E-state index is 13.7. The molecule has 1 aromatic carbocycles. The molecule has 1 heterocycles. The fourth-order valence-electron chi connectivity index (χ4n) is 3.25. The Hall–Kier alpha value is -1.73. The third-order valence-corrected chi connectivity index (χ3v) is 4.97. The number of aliphatic hydroxyl groups is 1. The molecule has 124 valence electrons. The Morgan fingerprint density at radius 1 is 1.48 bits per heavy atom. The number of rotatable bonds is 3. The summed E-state index contributed by atoms with van der Waals surface area (Å²) in [5.74, 6) is -0.879. The van der Waals surface area contributed by atoms with Gasteiger partial charge in [0.15, 0.2) is 4.77 Å². The molecule has 1 aliphatic carbocycles. The number of aliphatic hydroxyl groups excluding tert-OH is 1. The number of imidazole rings is 1. The van der Waals surface area contributed by atoms with Crippen LogP contribution in [-0.4, -0.2) is 33.6 Å². The summed E-state index contributed by atoms with van der Waals surface area (Å²) in [4.78, 5) is 18.2. The SMILES string of the molecule is C[C@]1(CNC(=O)c2cc(F)cc3[nH]c(=S)[nH]c23)CCCC[C@@H]1O. The molecule has 23 heavy (non-hydrogen) atoms. The lowest BCUT2D eigenvalue weighted by atomic mass is 9.73. The lowest BCUT2D eigenvalue weighted by molar-refractivity contribution is 0.00191. The van der Waals surface area contributed by atoms with Crippen molar-refractivity contribution in [2.75, 3.05) is 6.54 Å². The largest absolute Gasteiger partial charge is 0.392 e. The predicted octanol–water partition coefficient (Wildman–Crippen LogP) is 3.04. The van der Waals surface area contributed by atoms with Gasteiger partial charge in [0.05, 0.1) is 22.7 Å². The van der Waals surface area contributed by atoms with E-state index in [4.69, 9.17) is 12.2 Å². The Balaban J connectivity index is 1.82. The first-order chi connectivity index (χ1) is 10.9. The second-order valence-corrected chi connectivity index (χ2v) is 6.96. The fourth-order valence-corrected chi connectivity index (χ4v) is 3.46. The Bertz CT molecular complexity index is 800. The molecule has 4 N–H and O–H groups in total. The van der Waals surface area contributed by atoms with Gasteiger partial charge in [0.1, 0.15) is 5.82 Å². The summed E-state index contributed by atoms with van der Waals surface area (Å²) in [6.45, 7) is 2.33. The van der Waals surface area contributed by atoms with Crippen LogP contribution < -0.4 is 5.32 Å². The summed E-state index contributed by atoms with van der Waals surface area (Å²) in [6, 6.07) is 2.49. The van der Waals surface area contributed by atoms with Crippen LogP contribution in [0.2, 0.25) is 0 Å². The highest BCUT2D eigenvalue weighted by molar-refractivity contribution is 7.71. The summed E-state index contributed by atoms with van der Waals surface area (Å²) < 4.78 is 14.1. The van der Waals surface area contributed by atoms with Crippen molar-refractivity contribution in [3.8, 4) is 0 Å². The van der Waals surface area contributed by atoms with Crippen LogP contribution in [0, 0.1) is 16.0 Å². The van der Waals surface area contributed by atoms with Gasteiger partial charge in [-0.05, 0) is 37.2 Å². The number of carbonyl (C=O) groups is 1. The monoisotopic (exact) mass is 337 g/mol. The zero-order valence-electron chi connectivity index (χ0n) is 12.9. The van der Waals surface area contributed by atoms with Crippen LogP contribution in [-0.2, 0) is 0 Å². The van der Waals surface area contributed by atoms with Crippen LogP contribution in [0.1, 0.15) is 43.0 Å². The van der Waals surface area contributed by atoms with Crippen molar-refractivity contribution in [2.45, 2.75) is 38.7 Å². The van der Waals surface area contributed by atoms with Crippen molar-refractivity contribution in [3.05, 3.63) is 28.3 Å². The molecule has 5 nitrogen and oxygen atoms in total. The minimum absolute atomic E-state index is 0.209. The number of aromatic amines is 2. The highest BCUT2D eigenvalue weighted by Crippen LogP contribution is 2.35. The highest BCUT2D eigenvalue weighted by atomic mass is 32.1. The molecule has 3 rings (SSSR count). The predicted molar refractivity (Wildman–Crippen MR) is 88.4 cm³/mol. The number of amides is 1. The van der Waals surface area contributed by atoms with E-state index < -0.39 is 11.9 Å². The van der Waals surface area contributed by atoms with Crippen LogP contribution in [0.5, 0.6) is 0 Å². The van der Waals surface area contributed by atoms with Gasteiger partial charge in [0.2, 0.25) is 0 Å². The van der Waals surface area contributed by atoms with Crippen LogP contribution in [0.15, 0.2) is 12.1 Å². The molecule has 1 aromatic heterocycles. The van der Waals surface area contributed by atoms with E-state index in [-0.39, 0.29) is 16.9 Å². The maximum Gasteiger partial charge on any atom is 0.253 e. The van der Waals surface area contributed by atoms with E-state index in [0.717, 1.165) is 25.7 Å². The summed E-state index contributed by atoms with van der Waals surface area (Å²) >= 11 is 5.00. The van der Waals surface area contributed by atoms with Crippen molar-refractivity contribution in [2.24, 2.45) is 5.41 Å². The topological polar surface area (TPSA) is 80.9 Å². The normalized spacial score (nSPS) is 24.7. The number of fused-ring (bicyclic) bond motifs is 1. The zero-order valence-corrected chi connectivity index (χ0v) is 13.7. The average Bonchev–Trinajstić information content (AvgIpc) is 2.87. The molecule has 7 heteroatoms. The zero-order chi connectivity index (χ0) is 16.6. The first-order valence-electron chi connectivity index (χ1n) is 7.77. The van der Waals surface area contributed by atoms with E-state index in [1.807, 2.05) is 6.92 Å². The number of benzene rings is 1. The van der Waals surface area contributed by atoms with Gasteiger partial charge in [0.25, 0.3) is 5.91 Å². The van der Waals surface area contributed by atoms with Crippen molar-refractivity contribution in [1.29, 1.82) is 0 Å². The molecule has 1 fully saturated rings. The van der Waals surface area contributed by atoms with Gasteiger partial charge >= 0.3 is 0 Å². The molecule has 0 saturated heterocycles. The van der Waals surface area contributed by atoms with Gasteiger partial charge in [-0.2, -0.15) is 0 Å². The standard InChI is InChI=1S/C16H20FN3O2S/c1-16(5-3-2-4-12(16)21)8-18-14(22)10-6-9(17)7-11-13(10)20-15(23)19-11/h6-7,12,21H,2-5,8H2,1H3,(H,18,22)(H2,19,20,23)/t12-,16+/m0/s1. The van der Waals surface area contributed by atoms with Gasteiger partial charge < -0.3 is 20.4 Å². The second-order valence-electron chi connectivity index (χ2n) is 6.55. The Morgan fingerprint density at radius 2 is 2.26 bits per heavy atom. The molecule has 0 spiro atoms. The van der Waals surface area contributed by atoms with E-state index in [0.29, 0.717) is 22.3 Å². The first kappa shape index (κ1) is 16.1. The molecule has 1 aliphatic rings. The van der Waals surface area contributed by atoms with Crippen molar-refractivity contribution >= 4 is 29.2 Å². The molecule has 2 atom stereocenters. The highest BCUT2D eigenvalue weighted by Gasteiger charge is 2.35. The van der Waals surface area contributed by atoms with Gasteiger partial charge in [0, 0.05) is 12.0 Å². The fraction of sp³-hybridized carbons (Fsp3) is 0.500. The number of H-pyrrole nitrogens is 2. The minimum Gasteiger partial charge on any atom is -0.392 e. The van der Waals surface area contributed by atoms with E-state index in [9.17, 15) is 14.3 Å². The maximum absolute atomic E-state index is 13.7. The lowest BCUT2D eigenvalue weighted by Crippen LogP contribution is -2.45. The quantitative estimate of drug-likeness (QED) is 0.650. The van der Waals surface area contributed by atoms with Crippen molar-refractivity contribution in [1.82, 2.24) is 15.3 Å². The molecular weight excluding hydrogens is 317 g/mol. The first-order valence-corrected chi connectivity index (χ1v) is 8.18. The van der Waals surface area contributed by atoms with Gasteiger partial charge in [-0.1, -0.05) is 19.8 Å². The number of aromatic nitrogens is 2. The number of halogens is 1. The van der Waals surface area contributed by atoms with Gasteiger partial charge in [-0.15, -0.1) is 0 Å². The van der Waals surface area contributed by atoms with Crippen LogP contribution in [0.4, 0.5) is 4.39 Å². The van der Waals surface area contributed by atoms with Gasteiger partial charge in [-0.3, -0.25) is 4.79 Å². The third kappa shape index (κ3) is 3.16. The van der Waals surface area contributed by atoms with E-state index in [1.54, 1.807) is 0 Å². The van der Waals surface area contributed by atoms with E-state index in [1.165, 1.54) is 12.1 Å². The van der Waals surface area contributed by atoms with Crippen LogP contribution in [0.3, 0.4) is 0 Å². The van der Waals surface area contributed by atoms with Crippen LogP contribution >= 0.6 is 12.2 Å². The number of nitrogens with one attached hydrogen (secondary N) is 3. The van der Waals surface area contributed by atoms with E-state index in [2.05, 4.69) is 15.3 Å². The summed E-state index contributed by atoms with van der Waals surface area (Å²) in [6.07, 6.45) is 3.23. The Labute approximate surface area is 138 Å². The Kier molecular flexibility index (Phi) is 4.25. The second kappa shape index (κ2) is 6.05. The Morgan fingerprint density at radius 3 is 3.00 bits per heavy atom. The van der Waals surface area contributed by atoms with Crippen LogP contribution in [0.25, 0.3) is 11.0 Å². The minimum atomic E-state index is -0.503. The smallest absolute Gasteiger partial charge is 0.253 e. The molecule has 0 unspecified atom stereocenters. The van der Waals surface area contributed by atoms with Crippen molar-refractivity contribution in [3.63, 3.8) is 0 Å². The molecule has 0 radical (unpaired) electrons. The molecule has 1 saturated carbocycles. The number of carbonyl (C=O) groups excluding carboxylic acids is 1. The number of hydrogen-bond donors (Lipinski definition) is 4. The summed E-state index contributed by atoms with van der Waals surface area (Å²) in [5.41, 5.74) is 0.819. The number of hydrogen-bond acceptors (Lipinski definition) is 3. The summed E-state index contributed by atoms with van der Waals surface area (Å²) in [5, 5.41) is 13.0. The average molecular weight is 337 g/mol. The molecule has 0 bridgehead atoms. The summed E-state index contributed by atoms with van der Waals surface area (Å²) in [7, 11) is 0. The van der Waals surface area contributed by atoms with Crippen molar-refractivity contribution < 1.29 is 14.3 Å².